The van der Waals surface area contributed by atoms with Crippen molar-refractivity contribution in [2.24, 2.45) is 0 Å². The van der Waals surface area contributed by atoms with Gasteiger partial charge in [-0.05, 0) is 41.8 Å². The minimum atomic E-state index is -0.662. The van der Waals surface area contributed by atoms with Gasteiger partial charge in [-0.15, -0.1) is 0 Å². The van der Waals surface area contributed by atoms with Gasteiger partial charge < -0.3 is 14.7 Å². The van der Waals surface area contributed by atoms with Gasteiger partial charge in [-0.2, -0.15) is 0 Å². The van der Waals surface area contributed by atoms with Crippen LogP contribution in [-0.4, -0.2) is 35.7 Å². The number of rotatable bonds is 4. The third kappa shape index (κ3) is 3.79. The molecule has 4 nitrogen and oxygen atoms in total. The van der Waals surface area contributed by atoms with Crippen LogP contribution in [0.3, 0.4) is 0 Å². The lowest BCUT2D eigenvalue weighted by molar-refractivity contribution is -0.131. The second kappa shape index (κ2) is 7.19. The zero-order chi connectivity index (χ0) is 18.0. The molecular weight excluding hydrogens is 328 g/mol. The first-order valence-electron chi connectivity index (χ1n) is 8.03. The van der Waals surface area contributed by atoms with E-state index in [1.807, 2.05) is 0 Å². The van der Waals surface area contributed by atoms with E-state index in [9.17, 15) is 18.7 Å². The molecule has 0 radical (unpaired) electrons. The van der Waals surface area contributed by atoms with E-state index in [0.29, 0.717) is 17.5 Å². The number of aliphatic hydroxyl groups excluding tert-OH is 1. The SMILES string of the molecule is COc1ccc(CC(=O)N2C[C@H](O)C[C@@H]2c2cccc(F)c2)cc1F. The summed E-state index contributed by atoms with van der Waals surface area (Å²) >= 11 is 0. The van der Waals surface area contributed by atoms with Crippen molar-refractivity contribution in [2.45, 2.75) is 25.0 Å². The standard InChI is InChI=1S/C19H19F2NO3/c1-25-18-6-5-12(7-16(18)21)8-19(24)22-11-15(23)10-17(22)13-3-2-4-14(20)9-13/h2-7,9,15,17,23H,8,10-11H2,1H3/t15-,17-/m1/s1. The molecular formula is C19H19F2NO3. The zero-order valence-corrected chi connectivity index (χ0v) is 13.8. The first-order chi connectivity index (χ1) is 12.0. The lowest BCUT2D eigenvalue weighted by Crippen LogP contribution is -2.33. The number of carbonyl (C=O) groups is 1. The van der Waals surface area contributed by atoms with Gasteiger partial charge in [0.1, 0.15) is 5.82 Å². The number of benzene rings is 2. The number of nitrogens with zero attached hydrogens (tertiary/aromatic N) is 1. The van der Waals surface area contributed by atoms with Crippen LogP contribution < -0.4 is 4.74 Å². The molecule has 0 spiro atoms. The fourth-order valence-electron chi connectivity index (χ4n) is 3.22. The van der Waals surface area contributed by atoms with Gasteiger partial charge in [-0.3, -0.25) is 4.79 Å². The summed E-state index contributed by atoms with van der Waals surface area (Å²) in [7, 11) is 1.37. The Labute approximate surface area is 144 Å². The second-order valence-corrected chi connectivity index (χ2v) is 6.15. The Morgan fingerprint density at radius 1 is 1.28 bits per heavy atom. The van der Waals surface area contributed by atoms with Gasteiger partial charge in [0.15, 0.2) is 11.6 Å². The Bertz CT molecular complexity index is 781. The summed E-state index contributed by atoms with van der Waals surface area (Å²) in [5.41, 5.74) is 1.16. The van der Waals surface area contributed by atoms with Gasteiger partial charge in [0.2, 0.25) is 5.91 Å². The highest BCUT2D eigenvalue weighted by atomic mass is 19.1. The quantitative estimate of drug-likeness (QED) is 0.925. The Morgan fingerprint density at radius 3 is 2.76 bits per heavy atom. The van der Waals surface area contributed by atoms with E-state index >= 15 is 0 Å². The Kier molecular flexibility index (Phi) is 4.99. The number of methoxy groups -OCH3 is 1. The van der Waals surface area contributed by atoms with Crippen LogP contribution in [0.25, 0.3) is 0 Å². The molecule has 25 heavy (non-hydrogen) atoms. The van der Waals surface area contributed by atoms with Crippen molar-refractivity contribution in [2.75, 3.05) is 13.7 Å². The topological polar surface area (TPSA) is 49.8 Å². The smallest absolute Gasteiger partial charge is 0.227 e. The molecule has 1 heterocycles. The summed E-state index contributed by atoms with van der Waals surface area (Å²) in [5, 5.41) is 9.96. The maximum atomic E-state index is 13.8. The highest BCUT2D eigenvalue weighted by Gasteiger charge is 2.35. The van der Waals surface area contributed by atoms with Crippen LogP contribution in [0.1, 0.15) is 23.6 Å². The lowest BCUT2D eigenvalue weighted by Gasteiger charge is -2.25. The van der Waals surface area contributed by atoms with Crippen LogP contribution in [0.15, 0.2) is 42.5 Å². The molecule has 1 fully saturated rings. The molecule has 132 valence electrons. The third-order valence-corrected chi connectivity index (χ3v) is 4.40. The second-order valence-electron chi connectivity index (χ2n) is 6.15. The number of hydrogen-bond acceptors (Lipinski definition) is 3. The number of hydrogen-bond donors (Lipinski definition) is 1. The lowest BCUT2D eigenvalue weighted by atomic mass is 10.0. The van der Waals surface area contributed by atoms with Gasteiger partial charge in [-0.1, -0.05) is 18.2 Å². The Hall–Kier alpha value is -2.47. The van der Waals surface area contributed by atoms with Crippen molar-refractivity contribution >= 4 is 5.91 Å². The van der Waals surface area contributed by atoms with Crippen molar-refractivity contribution in [3.8, 4) is 5.75 Å². The van der Waals surface area contributed by atoms with Crippen molar-refractivity contribution in [3.63, 3.8) is 0 Å². The monoisotopic (exact) mass is 347 g/mol. The van der Waals surface area contributed by atoms with Crippen LogP contribution in [0.4, 0.5) is 8.78 Å². The van der Waals surface area contributed by atoms with Gasteiger partial charge >= 0.3 is 0 Å². The normalized spacial score (nSPS) is 19.9. The molecule has 6 heteroatoms. The van der Waals surface area contributed by atoms with E-state index in [-0.39, 0.29) is 36.5 Å². The molecule has 0 aromatic heterocycles. The van der Waals surface area contributed by atoms with Crippen LogP contribution >= 0.6 is 0 Å². The van der Waals surface area contributed by atoms with Gasteiger partial charge in [0.25, 0.3) is 0 Å². The molecule has 3 rings (SSSR count). The summed E-state index contributed by atoms with van der Waals surface area (Å²) in [6, 6.07) is 10.00. The molecule has 1 aliphatic rings. The molecule has 0 bridgehead atoms. The molecule has 2 atom stereocenters. The molecule has 2 aromatic rings. The largest absolute Gasteiger partial charge is 0.494 e. The van der Waals surface area contributed by atoms with Gasteiger partial charge in [0, 0.05) is 6.54 Å². The first-order valence-corrected chi connectivity index (χ1v) is 8.03. The van der Waals surface area contributed by atoms with Crippen LogP contribution in [0.2, 0.25) is 0 Å². The fourth-order valence-corrected chi connectivity index (χ4v) is 3.22. The maximum absolute atomic E-state index is 13.8. The summed E-state index contributed by atoms with van der Waals surface area (Å²) in [6.07, 6.45) is -0.309. The van der Waals surface area contributed by atoms with Crippen molar-refractivity contribution < 1.29 is 23.4 Å². The summed E-state index contributed by atoms with van der Waals surface area (Å²) in [6.45, 7) is 0.179. The molecule has 0 aliphatic carbocycles. The Morgan fingerprint density at radius 2 is 2.08 bits per heavy atom. The molecule has 1 aliphatic heterocycles. The van der Waals surface area contributed by atoms with E-state index < -0.39 is 11.9 Å². The number of aliphatic hydroxyl groups is 1. The maximum Gasteiger partial charge on any atom is 0.227 e. The highest BCUT2D eigenvalue weighted by molar-refractivity contribution is 5.79. The summed E-state index contributed by atoms with van der Waals surface area (Å²) < 4.78 is 32.1. The van der Waals surface area contributed by atoms with Crippen LogP contribution in [-0.2, 0) is 11.2 Å². The number of carbonyl (C=O) groups excluding carboxylic acids is 1. The number of halogens is 2. The minimum absolute atomic E-state index is 0.000546. The Balaban J connectivity index is 1.79. The van der Waals surface area contributed by atoms with Gasteiger partial charge in [-0.25, -0.2) is 8.78 Å². The van der Waals surface area contributed by atoms with Crippen LogP contribution in [0.5, 0.6) is 5.75 Å². The van der Waals surface area contributed by atoms with Gasteiger partial charge in [0.05, 0.1) is 25.7 Å². The number of β-amino-alcohol motifs (C(OH)–C–C–N with tert-alkyl or cyclic N) is 1. The average molecular weight is 347 g/mol. The number of likely N-dealkylation sites (tertiary alicyclic amines) is 1. The van der Waals surface area contributed by atoms with E-state index in [4.69, 9.17) is 4.74 Å². The molecule has 1 saturated heterocycles. The highest BCUT2D eigenvalue weighted by Crippen LogP contribution is 2.33. The van der Waals surface area contributed by atoms with E-state index in [1.54, 1.807) is 18.2 Å². The molecule has 1 amide bonds. The summed E-state index contributed by atoms with van der Waals surface area (Å²) in [4.78, 5) is 14.2. The zero-order valence-electron chi connectivity index (χ0n) is 13.8. The van der Waals surface area contributed by atoms with Crippen molar-refractivity contribution in [1.29, 1.82) is 0 Å². The predicted octanol–water partition coefficient (Wildman–Crippen LogP) is 2.85. The molecule has 0 unspecified atom stereocenters. The number of ether oxygens (including phenoxy) is 1. The number of amides is 1. The molecule has 2 aromatic carbocycles. The van der Waals surface area contributed by atoms with E-state index in [2.05, 4.69) is 0 Å². The van der Waals surface area contributed by atoms with Crippen LogP contribution in [0, 0.1) is 11.6 Å². The van der Waals surface area contributed by atoms with E-state index in [1.165, 1.54) is 36.3 Å². The molecule has 0 saturated carbocycles. The first kappa shape index (κ1) is 17.4. The predicted molar refractivity (Wildman–Crippen MR) is 88.1 cm³/mol. The van der Waals surface area contributed by atoms with Crippen molar-refractivity contribution in [3.05, 3.63) is 65.2 Å². The van der Waals surface area contributed by atoms with Crippen molar-refractivity contribution in [1.82, 2.24) is 4.90 Å². The fraction of sp³-hybridized carbons (Fsp3) is 0.316. The average Bonchev–Trinajstić information content (AvgIpc) is 2.97. The summed E-state index contributed by atoms with van der Waals surface area (Å²) in [5.74, 6) is -1.04. The third-order valence-electron chi connectivity index (χ3n) is 4.40. The van der Waals surface area contributed by atoms with E-state index in [0.717, 1.165) is 0 Å². The molecule has 1 N–H and O–H groups in total. The minimum Gasteiger partial charge on any atom is -0.494 e.